The van der Waals surface area contributed by atoms with Crippen molar-refractivity contribution in [3.8, 4) is 11.8 Å². The molecule has 0 saturated heterocycles. The van der Waals surface area contributed by atoms with E-state index in [9.17, 15) is 4.79 Å². The van der Waals surface area contributed by atoms with E-state index in [1.54, 1.807) is 18.2 Å². The van der Waals surface area contributed by atoms with Gasteiger partial charge in [-0.05, 0) is 18.6 Å². The van der Waals surface area contributed by atoms with Crippen LogP contribution < -0.4 is 15.4 Å². The summed E-state index contributed by atoms with van der Waals surface area (Å²) in [5, 5.41) is 14.1. The highest BCUT2D eigenvalue weighted by Gasteiger charge is 2.11. The smallest absolute Gasteiger partial charge is 0.320 e. The SMILES string of the molecule is CCCC(C#N)NC(=O)Nc1ccccc1OC. The van der Waals surface area contributed by atoms with Crippen molar-refractivity contribution in [1.82, 2.24) is 5.32 Å². The van der Waals surface area contributed by atoms with Crippen molar-refractivity contribution in [1.29, 1.82) is 5.26 Å². The van der Waals surface area contributed by atoms with Gasteiger partial charge in [0.1, 0.15) is 11.8 Å². The van der Waals surface area contributed by atoms with Gasteiger partial charge in [0.25, 0.3) is 0 Å². The fourth-order valence-electron chi connectivity index (χ4n) is 1.52. The Hall–Kier alpha value is -2.22. The van der Waals surface area contributed by atoms with Crippen LogP contribution in [0.3, 0.4) is 0 Å². The molecule has 0 heterocycles. The van der Waals surface area contributed by atoms with Crippen LogP contribution in [0, 0.1) is 11.3 Å². The second-order valence-electron chi connectivity index (χ2n) is 3.77. The molecule has 1 rings (SSSR count). The van der Waals surface area contributed by atoms with Crippen molar-refractivity contribution < 1.29 is 9.53 Å². The van der Waals surface area contributed by atoms with E-state index in [1.165, 1.54) is 7.11 Å². The highest BCUT2D eigenvalue weighted by Crippen LogP contribution is 2.22. The lowest BCUT2D eigenvalue weighted by Crippen LogP contribution is -2.37. The molecule has 1 unspecified atom stereocenters. The third-order valence-electron chi connectivity index (χ3n) is 2.39. The standard InChI is InChI=1S/C13H17N3O2/c1-3-6-10(9-14)15-13(17)16-11-7-4-5-8-12(11)18-2/h4-5,7-8,10H,3,6H2,1-2H3,(H2,15,16,17). The average molecular weight is 247 g/mol. The zero-order chi connectivity index (χ0) is 13.4. The highest BCUT2D eigenvalue weighted by atomic mass is 16.5. The van der Waals surface area contributed by atoms with Gasteiger partial charge in [-0.3, -0.25) is 0 Å². The van der Waals surface area contributed by atoms with E-state index in [4.69, 9.17) is 10.00 Å². The number of rotatable bonds is 5. The molecule has 5 nitrogen and oxygen atoms in total. The molecule has 0 aliphatic carbocycles. The van der Waals surface area contributed by atoms with Crippen molar-refractivity contribution >= 4 is 11.7 Å². The van der Waals surface area contributed by atoms with Gasteiger partial charge in [-0.1, -0.05) is 25.5 Å². The molecule has 1 aromatic rings. The van der Waals surface area contributed by atoms with Gasteiger partial charge in [-0.2, -0.15) is 5.26 Å². The monoisotopic (exact) mass is 247 g/mol. The van der Waals surface area contributed by atoms with Gasteiger partial charge in [0.2, 0.25) is 0 Å². The summed E-state index contributed by atoms with van der Waals surface area (Å²) < 4.78 is 5.12. The van der Waals surface area contributed by atoms with Crippen LogP contribution in [0.5, 0.6) is 5.75 Å². The molecule has 0 fully saturated rings. The fourth-order valence-corrected chi connectivity index (χ4v) is 1.52. The molecule has 5 heteroatoms. The van der Waals surface area contributed by atoms with Crippen LogP contribution in [0.15, 0.2) is 24.3 Å². The second-order valence-corrected chi connectivity index (χ2v) is 3.77. The number of methoxy groups -OCH3 is 1. The molecule has 0 aliphatic heterocycles. The lowest BCUT2D eigenvalue weighted by molar-refractivity contribution is 0.250. The topological polar surface area (TPSA) is 74.2 Å². The van der Waals surface area contributed by atoms with Crippen molar-refractivity contribution in [3.05, 3.63) is 24.3 Å². The molecule has 0 aliphatic rings. The first-order valence-corrected chi connectivity index (χ1v) is 5.81. The molecular formula is C13H17N3O2. The minimum atomic E-state index is -0.468. The van der Waals surface area contributed by atoms with Gasteiger partial charge in [-0.15, -0.1) is 0 Å². The molecule has 0 spiro atoms. The first kappa shape index (κ1) is 13.8. The van der Waals surface area contributed by atoms with E-state index in [0.29, 0.717) is 17.9 Å². The number of benzene rings is 1. The van der Waals surface area contributed by atoms with E-state index in [1.807, 2.05) is 19.1 Å². The predicted molar refractivity (Wildman–Crippen MR) is 69.5 cm³/mol. The second kappa shape index (κ2) is 7.17. The minimum absolute atomic E-state index is 0.403. The number of carbonyl (C=O) groups is 1. The number of nitriles is 1. The molecule has 1 aromatic carbocycles. The number of nitrogens with zero attached hydrogens (tertiary/aromatic N) is 1. The van der Waals surface area contributed by atoms with Crippen molar-refractivity contribution in [2.45, 2.75) is 25.8 Å². The van der Waals surface area contributed by atoms with E-state index in [0.717, 1.165) is 6.42 Å². The van der Waals surface area contributed by atoms with Gasteiger partial charge < -0.3 is 15.4 Å². The molecule has 0 saturated carbocycles. The number of carbonyl (C=O) groups excluding carboxylic acids is 1. The molecule has 2 amide bonds. The summed E-state index contributed by atoms with van der Waals surface area (Å²) in [5.41, 5.74) is 0.575. The van der Waals surface area contributed by atoms with Crippen LogP contribution in [0.4, 0.5) is 10.5 Å². The van der Waals surface area contributed by atoms with Crippen molar-refractivity contribution in [2.75, 3.05) is 12.4 Å². The molecule has 0 bridgehead atoms. The summed E-state index contributed by atoms with van der Waals surface area (Å²) in [6.45, 7) is 1.96. The Balaban J connectivity index is 2.62. The third kappa shape index (κ3) is 3.98. The van der Waals surface area contributed by atoms with Crippen molar-refractivity contribution in [3.63, 3.8) is 0 Å². The average Bonchev–Trinajstić information content (AvgIpc) is 2.38. The van der Waals surface area contributed by atoms with Gasteiger partial charge >= 0.3 is 6.03 Å². The quantitative estimate of drug-likeness (QED) is 0.839. The first-order chi connectivity index (χ1) is 8.71. The van der Waals surface area contributed by atoms with Gasteiger partial charge in [-0.25, -0.2) is 4.79 Å². The lowest BCUT2D eigenvalue weighted by Gasteiger charge is -2.13. The molecule has 1 atom stereocenters. The Bertz CT molecular complexity index is 440. The zero-order valence-corrected chi connectivity index (χ0v) is 10.6. The maximum absolute atomic E-state index is 11.7. The van der Waals surface area contributed by atoms with Crippen LogP contribution >= 0.6 is 0 Å². The maximum Gasteiger partial charge on any atom is 0.320 e. The molecular weight excluding hydrogens is 230 g/mol. The van der Waals surface area contributed by atoms with Gasteiger partial charge in [0, 0.05) is 0 Å². The predicted octanol–water partition coefficient (Wildman–Crippen LogP) is 2.51. The van der Waals surface area contributed by atoms with Crippen molar-refractivity contribution in [2.24, 2.45) is 0 Å². The number of urea groups is 1. The Morgan fingerprint density at radius 2 is 2.22 bits per heavy atom. The fraction of sp³-hybridized carbons (Fsp3) is 0.385. The lowest BCUT2D eigenvalue weighted by atomic mass is 10.2. The Morgan fingerprint density at radius 1 is 1.50 bits per heavy atom. The number of para-hydroxylation sites is 2. The number of hydrogen-bond acceptors (Lipinski definition) is 3. The number of nitrogens with one attached hydrogen (secondary N) is 2. The normalized spacial score (nSPS) is 11.2. The van der Waals surface area contributed by atoms with E-state index in [-0.39, 0.29) is 0 Å². The Morgan fingerprint density at radius 3 is 2.83 bits per heavy atom. The van der Waals surface area contributed by atoms with Gasteiger partial charge in [0.05, 0.1) is 18.9 Å². The van der Waals surface area contributed by atoms with Crippen LogP contribution in [0.2, 0.25) is 0 Å². The van der Waals surface area contributed by atoms with Crippen LogP contribution in [-0.2, 0) is 0 Å². The van der Waals surface area contributed by atoms with Crippen LogP contribution in [0.1, 0.15) is 19.8 Å². The Labute approximate surface area is 107 Å². The maximum atomic E-state index is 11.7. The summed E-state index contributed by atoms with van der Waals surface area (Å²) in [6.07, 6.45) is 1.48. The van der Waals surface area contributed by atoms with Gasteiger partial charge in [0.15, 0.2) is 0 Å². The zero-order valence-electron chi connectivity index (χ0n) is 10.6. The van der Waals surface area contributed by atoms with Crippen LogP contribution in [0.25, 0.3) is 0 Å². The first-order valence-electron chi connectivity index (χ1n) is 5.81. The summed E-state index contributed by atoms with van der Waals surface area (Å²) >= 11 is 0. The summed E-state index contributed by atoms with van der Waals surface area (Å²) in [4.78, 5) is 11.7. The van der Waals surface area contributed by atoms with E-state index in [2.05, 4.69) is 10.6 Å². The molecule has 96 valence electrons. The third-order valence-corrected chi connectivity index (χ3v) is 2.39. The number of anilines is 1. The minimum Gasteiger partial charge on any atom is -0.495 e. The largest absolute Gasteiger partial charge is 0.495 e. The Kier molecular flexibility index (Phi) is 5.52. The molecule has 2 N–H and O–H groups in total. The number of ether oxygens (including phenoxy) is 1. The number of amides is 2. The summed E-state index contributed by atoms with van der Waals surface area (Å²) in [5.74, 6) is 0.580. The summed E-state index contributed by atoms with van der Waals surface area (Å²) in [7, 11) is 1.54. The molecule has 0 aromatic heterocycles. The van der Waals surface area contributed by atoms with E-state index >= 15 is 0 Å². The molecule has 18 heavy (non-hydrogen) atoms. The summed E-state index contributed by atoms with van der Waals surface area (Å²) in [6, 6.07) is 8.28. The molecule has 0 radical (unpaired) electrons. The van der Waals surface area contributed by atoms with E-state index < -0.39 is 12.1 Å². The number of hydrogen-bond donors (Lipinski definition) is 2. The van der Waals surface area contributed by atoms with Crippen LogP contribution in [-0.4, -0.2) is 19.2 Å². The highest BCUT2D eigenvalue weighted by molar-refractivity contribution is 5.91.